The van der Waals surface area contributed by atoms with Gasteiger partial charge in [0.2, 0.25) is 5.88 Å². The molecule has 0 bridgehead atoms. The Labute approximate surface area is 111 Å². The van der Waals surface area contributed by atoms with E-state index in [9.17, 15) is 0 Å². The summed E-state index contributed by atoms with van der Waals surface area (Å²) in [5, 5.41) is 0. The smallest absolute Gasteiger partial charge is 0.215 e. The van der Waals surface area contributed by atoms with E-state index in [1.165, 1.54) is 12.8 Å². The molecule has 0 radical (unpaired) electrons. The van der Waals surface area contributed by atoms with Gasteiger partial charge in [-0.15, -0.1) is 0 Å². The molecule has 17 heavy (non-hydrogen) atoms. The third kappa shape index (κ3) is 3.35. The highest BCUT2D eigenvalue weighted by molar-refractivity contribution is 9.09. The number of hydrogen-bond acceptors (Lipinski definition) is 3. The second-order valence-corrected chi connectivity index (χ2v) is 5.88. The largest absolute Gasteiger partial charge is 0.478 e. The highest BCUT2D eigenvalue weighted by Crippen LogP contribution is 2.34. The lowest BCUT2D eigenvalue weighted by molar-refractivity contribution is 0.324. The molecule has 0 amide bonds. The van der Waals surface area contributed by atoms with E-state index in [1.54, 1.807) is 0 Å². The van der Waals surface area contributed by atoms with E-state index in [2.05, 4.69) is 32.9 Å². The Kier molecular flexibility index (Phi) is 4.26. The van der Waals surface area contributed by atoms with Gasteiger partial charge in [0.1, 0.15) is 5.82 Å². The quantitative estimate of drug-likeness (QED) is 0.781. The summed E-state index contributed by atoms with van der Waals surface area (Å²) in [4.78, 5) is 7.42. The summed E-state index contributed by atoms with van der Waals surface area (Å²) >= 11 is 3.62. The lowest BCUT2D eigenvalue weighted by atomic mass is 9.85. The predicted molar refractivity (Wildman–Crippen MR) is 74.1 cm³/mol. The highest BCUT2D eigenvalue weighted by Gasteiger charge is 2.27. The fourth-order valence-electron chi connectivity index (χ4n) is 2.13. The second-order valence-electron chi connectivity index (χ2n) is 4.58. The van der Waals surface area contributed by atoms with Gasteiger partial charge in [-0.1, -0.05) is 22.0 Å². The molecular weight excluding hydrogens is 280 g/mol. The van der Waals surface area contributed by atoms with Crippen LogP contribution in [0.5, 0.6) is 5.88 Å². The summed E-state index contributed by atoms with van der Waals surface area (Å²) in [6.07, 6.45) is 2.55. The first-order valence-corrected chi connectivity index (χ1v) is 7.05. The van der Waals surface area contributed by atoms with Crippen molar-refractivity contribution in [3.05, 3.63) is 18.2 Å². The van der Waals surface area contributed by atoms with E-state index < -0.39 is 0 Å². The number of hydrogen-bond donors (Lipinski definition) is 0. The van der Waals surface area contributed by atoms with Crippen molar-refractivity contribution in [3.8, 4) is 5.88 Å². The maximum absolute atomic E-state index is 5.41. The summed E-state index contributed by atoms with van der Waals surface area (Å²) in [7, 11) is 2.10. The van der Waals surface area contributed by atoms with E-state index in [0.717, 1.165) is 23.1 Å². The van der Waals surface area contributed by atoms with Gasteiger partial charge >= 0.3 is 0 Å². The third-order valence-corrected chi connectivity index (χ3v) is 3.85. The SMILES string of the molecule is CCOc1cccc(N(C)CC2CC(Br)C2)n1. The number of aromatic nitrogens is 1. The summed E-state index contributed by atoms with van der Waals surface area (Å²) in [6.45, 7) is 3.71. The van der Waals surface area contributed by atoms with Crippen LogP contribution >= 0.6 is 15.9 Å². The van der Waals surface area contributed by atoms with Crippen molar-refractivity contribution in [2.24, 2.45) is 5.92 Å². The van der Waals surface area contributed by atoms with Crippen LogP contribution in [0.3, 0.4) is 0 Å². The van der Waals surface area contributed by atoms with Crippen LogP contribution in [-0.4, -0.2) is 30.0 Å². The van der Waals surface area contributed by atoms with Gasteiger partial charge in [-0.25, -0.2) is 0 Å². The Bertz CT molecular complexity index is 366. The van der Waals surface area contributed by atoms with Gasteiger partial charge in [0.25, 0.3) is 0 Å². The van der Waals surface area contributed by atoms with Gasteiger partial charge in [0, 0.05) is 24.5 Å². The molecule has 0 N–H and O–H groups in total. The molecular formula is C13H19BrN2O. The van der Waals surface area contributed by atoms with E-state index in [1.807, 2.05) is 25.1 Å². The van der Waals surface area contributed by atoms with Crippen molar-refractivity contribution in [3.63, 3.8) is 0 Å². The molecule has 0 spiro atoms. The van der Waals surface area contributed by atoms with E-state index in [4.69, 9.17) is 4.74 Å². The van der Waals surface area contributed by atoms with Gasteiger partial charge < -0.3 is 9.64 Å². The van der Waals surface area contributed by atoms with Crippen LogP contribution < -0.4 is 9.64 Å². The van der Waals surface area contributed by atoms with Crippen LogP contribution in [0.2, 0.25) is 0 Å². The van der Waals surface area contributed by atoms with Gasteiger partial charge in [-0.2, -0.15) is 4.98 Å². The van der Waals surface area contributed by atoms with Gasteiger partial charge in [0.15, 0.2) is 0 Å². The number of anilines is 1. The monoisotopic (exact) mass is 298 g/mol. The summed E-state index contributed by atoms with van der Waals surface area (Å²) in [5.41, 5.74) is 0. The number of pyridine rings is 1. The van der Waals surface area contributed by atoms with Crippen molar-refractivity contribution in [2.45, 2.75) is 24.6 Å². The van der Waals surface area contributed by atoms with Crippen LogP contribution in [0.1, 0.15) is 19.8 Å². The first-order chi connectivity index (χ1) is 8.19. The molecule has 0 aliphatic heterocycles. The van der Waals surface area contributed by atoms with Crippen molar-refractivity contribution in [1.82, 2.24) is 4.98 Å². The zero-order chi connectivity index (χ0) is 12.3. The topological polar surface area (TPSA) is 25.4 Å². The average Bonchev–Trinajstić information content (AvgIpc) is 2.28. The Morgan fingerprint density at radius 1 is 1.47 bits per heavy atom. The maximum atomic E-state index is 5.41. The number of ether oxygens (including phenoxy) is 1. The van der Waals surface area contributed by atoms with Crippen LogP contribution in [0, 0.1) is 5.92 Å². The number of alkyl halides is 1. The standard InChI is InChI=1S/C13H19BrN2O/c1-3-17-13-6-4-5-12(15-13)16(2)9-10-7-11(14)8-10/h4-6,10-11H,3,7-9H2,1-2H3. The first kappa shape index (κ1) is 12.7. The van der Waals surface area contributed by atoms with Crippen molar-refractivity contribution < 1.29 is 4.74 Å². The number of halogens is 1. The zero-order valence-electron chi connectivity index (χ0n) is 10.4. The van der Waals surface area contributed by atoms with E-state index >= 15 is 0 Å². The summed E-state index contributed by atoms with van der Waals surface area (Å²) in [5.74, 6) is 2.50. The maximum Gasteiger partial charge on any atom is 0.215 e. The van der Waals surface area contributed by atoms with E-state index in [0.29, 0.717) is 12.5 Å². The van der Waals surface area contributed by atoms with Crippen LogP contribution in [0.25, 0.3) is 0 Å². The van der Waals surface area contributed by atoms with Gasteiger partial charge in [-0.3, -0.25) is 0 Å². The molecule has 1 heterocycles. The predicted octanol–water partition coefficient (Wildman–Crippen LogP) is 3.09. The second kappa shape index (κ2) is 5.71. The normalized spacial score (nSPS) is 23.0. The van der Waals surface area contributed by atoms with E-state index in [-0.39, 0.29) is 0 Å². The van der Waals surface area contributed by atoms with Crippen LogP contribution in [0.15, 0.2) is 18.2 Å². The zero-order valence-corrected chi connectivity index (χ0v) is 12.0. The molecule has 1 aromatic heterocycles. The van der Waals surface area contributed by atoms with Crippen LogP contribution in [-0.2, 0) is 0 Å². The summed E-state index contributed by atoms with van der Waals surface area (Å²) < 4.78 is 5.41. The Morgan fingerprint density at radius 2 is 2.24 bits per heavy atom. The highest BCUT2D eigenvalue weighted by atomic mass is 79.9. The Hall–Kier alpha value is -0.770. The molecule has 1 aliphatic rings. The van der Waals surface area contributed by atoms with Crippen molar-refractivity contribution in [1.29, 1.82) is 0 Å². The van der Waals surface area contributed by atoms with Crippen LogP contribution in [0.4, 0.5) is 5.82 Å². The fraction of sp³-hybridized carbons (Fsp3) is 0.615. The van der Waals surface area contributed by atoms with Crippen molar-refractivity contribution in [2.75, 3.05) is 25.1 Å². The molecule has 1 fully saturated rings. The van der Waals surface area contributed by atoms with Gasteiger partial charge in [-0.05, 0) is 31.7 Å². The molecule has 2 rings (SSSR count). The first-order valence-electron chi connectivity index (χ1n) is 6.14. The van der Waals surface area contributed by atoms with Crippen molar-refractivity contribution >= 4 is 21.7 Å². The molecule has 1 saturated carbocycles. The minimum atomic E-state index is 0.661. The molecule has 1 aromatic rings. The molecule has 94 valence electrons. The lowest BCUT2D eigenvalue weighted by Crippen LogP contribution is -2.34. The molecule has 0 unspecified atom stereocenters. The number of rotatable bonds is 5. The molecule has 0 aromatic carbocycles. The third-order valence-electron chi connectivity index (χ3n) is 3.10. The summed E-state index contributed by atoms with van der Waals surface area (Å²) in [6, 6.07) is 5.93. The minimum Gasteiger partial charge on any atom is -0.478 e. The number of nitrogens with zero attached hydrogens (tertiary/aromatic N) is 2. The Morgan fingerprint density at radius 3 is 2.88 bits per heavy atom. The molecule has 0 atom stereocenters. The van der Waals surface area contributed by atoms with Gasteiger partial charge in [0.05, 0.1) is 6.61 Å². The molecule has 3 nitrogen and oxygen atoms in total. The molecule has 1 aliphatic carbocycles. The fourth-order valence-corrected chi connectivity index (χ4v) is 3.19. The lowest BCUT2D eigenvalue weighted by Gasteiger charge is -2.34. The molecule has 4 heteroatoms. The molecule has 0 saturated heterocycles. The minimum absolute atomic E-state index is 0.661. The average molecular weight is 299 g/mol. The Balaban J connectivity index is 1.93.